The molecule has 0 amide bonds. The van der Waals surface area contributed by atoms with Crippen molar-refractivity contribution in [2.45, 2.75) is 155 Å². The van der Waals surface area contributed by atoms with Gasteiger partial charge in [-0.1, -0.05) is 155 Å². The Morgan fingerprint density at radius 3 is 1.67 bits per heavy atom. The van der Waals surface area contributed by atoms with Gasteiger partial charge in [0.2, 0.25) is 0 Å². The Labute approximate surface area is 320 Å². The van der Waals surface area contributed by atoms with Crippen LogP contribution in [0, 0.1) is 32.1 Å². The third-order valence-corrected chi connectivity index (χ3v) is 7.51. The van der Waals surface area contributed by atoms with E-state index in [9.17, 15) is 0 Å². The molecular formula is C47H84N4. The van der Waals surface area contributed by atoms with Gasteiger partial charge in [-0.15, -0.1) is 0 Å². The van der Waals surface area contributed by atoms with Crippen LogP contribution in [0.1, 0.15) is 156 Å². The van der Waals surface area contributed by atoms with Gasteiger partial charge in [-0.25, -0.2) is 0 Å². The third-order valence-electron chi connectivity index (χ3n) is 7.51. The van der Waals surface area contributed by atoms with Crippen molar-refractivity contribution in [2.24, 2.45) is 5.73 Å². The molecule has 0 saturated heterocycles. The fourth-order valence-electron chi connectivity index (χ4n) is 4.74. The Morgan fingerprint density at radius 1 is 0.804 bits per heavy atom. The first kappa shape index (κ1) is 56.8. The van der Waals surface area contributed by atoms with Gasteiger partial charge in [-0.3, -0.25) is 0 Å². The summed E-state index contributed by atoms with van der Waals surface area (Å²) < 4.78 is 0. The molecule has 51 heavy (non-hydrogen) atoms. The largest absolute Gasteiger partial charge is 0.382 e. The predicted molar refractivity (Wildman–Crippen MR) is 238 cm³/mol. The fourth-order valence-corrected chi connectivity index (χ4v) is 4.74. The van der Waals surface area contributed by atoms with Crippen LogP contribution in [0.2, 0.25) is 0 Å². The number of nitrogens with one attached hydrogen (secondary N) is 1. The molecule has 0 aliphatic rings. The molecule has 292 valence electrons. The van der Waals surface area contributed by atoms with Gasteiger partial charge < -0.3 is 16.0 Å². The van der Waals surface area contributed by atoms with E-state index in [1.807, 2.05) is 78.8 Å². The topological polar surface area (TPSA) is 65.1 Å². The minimum atomic E-state index is 0.568. The van der Waals surface area contributed by atoms with Crippen molar-refractivity contribution in [1.82, 2.24) is 4.90 Å². The highest BCUT2D eigenvalue weighted by Gasteiger charge is 2.16. The lowest BCUT2D eigenvalue weighted by Crippen LogP contribution is -2.24. The zero-order chi connectivity index (χ0) is 40.8. The van der Waals surface area contributed by atoms with Gasteiger partial charge in [0.25, 0.3) is 0 Å². The first-order chi connectivity index (χ1) is 24.5. The van der Waals surface area contributed by atoms with E-state index in [0.29, 0.717) is 6.04 Å². The molecule has 0 aliphatic carbocycles. The molecule has 0 unspecified atom stereocenters. The monoisotopic (exact) mass is 705 g/mol. The van der Waals surface area contributed by atoms with Crippen LogP contribution in [0.5, 0.6) is 0 Å². The normalized spacial score (nSPS) is 9.06. The molecule has 3 N–H and O–H groups in total. The minimum Gasteiger partial charge on any atom is -0.382 e. The second-order valence-electron chi connectivity index (χ2n) is 11.5. The van der Waals surface area contributed by atoms with Crippen molar-refractivity contribution in [3.63, 3.8) is 0 Å². The molecule has 0 aliphatic heterocycles. The van der Waals surface area contributed by atoms with Crippen LogP contribution in [0.25, 0.3) is 5.70 Å². The summed E-state index contributed by atoms with van der Waals surface area (Å²) in [4.78, 5) is 2.44. The van der Waals surface area contributed by atoms with Gasteiger partial charge in [0.05, 0.1) is 11.6 Å². The molecule has 2 aromatic rings. The van der Waals surface area contributed by atoms with Crippen molar-refractivity contribution in [1.29, 1.82) is 5.26 Å². The molecule has 4 nitrogen and oxygen atoms in total. The maximum Gasteiger partial charge on any atom is 0.0994 e. The molecular weight excluding hydrogens is 621 g/mol. The minimum absolute atomic E-state index is 0.568. The van der Waals surface area contributed by atoms with Crippen molar-refractivity contribution >= 4 is 11.4 Å². The Bertz CT molecular complexity index is 1200. The van der Waals surface area contributed by atoms with Crippen LogP contribution >= 0.6 is 0 Å². The number of nitriles is 1. The van der Waals surface area contributed by atoms with Crippen LogP contribution in [0.3, 0.4) is 0 Å². The van der Waals surface area contributed by atoms with Gasteiger partial charge >= 0.3 is 0 Å². The van der Waals surface area contributed by atoms with E-state index in [-0.39, 0.29) is 0 Å². The molecule has 0 fully saturated rings. The number of rotatable bonds is 14. The van der Waals surface area contributed by atoms with Gasteiger partial charge in [0.15, 0.2) is 0 Å². The zero-order valence-electron chi connectivity index (χ0n) is 36.8. The molecule has 0 atom stereocenters. The highest BCUT2D eigenvalue weighted by Crippen LogP contribution is 2.31. The van der Waals surface area contributed by atoms with Crippen molar-refractivity contribution in [2.75, 3.05) is 25.5 Å². The van der Waals surface area contributed by atoms with E-state index in [2.05, 4.69) is 116 Å². The highest BCUT2D eigenvalue weighted by atomic mass is 15.1. The van der Waals surface area contributed by atoms with Gasteiger partial charge in [0.1, 0.15) is 0 Å². The van der Waals surface area contributed by atoms with E-state index < -0.39 is 0 Å². The first-order valence-electron chi connectivity index (χ1n) is 19.8. The summed E-state index contributed by atoms with van der Waals surface area (Å²) in [6.07, 6.45) is 13.0. The summed E-state index contributed by atoms with van der Waals surface area (Å²) in [5.74, 6) is 0. The number of hydrogen-bond donors (Lipinski definition) is 2. The number of benzene rings is 2. The molecule has 0 heterocycles. The van der Waals surface area contributed by atoms with Crippen LogP contribution in [0.15, 0.2) is 78.9 Å². The molecule has 0 spiro atoms. The van der Waals surface area contributed by atoms with E-state index in [1.165, 1.54) is 72.0 Å². The number of hydrogen-bond acceptors (Lipinski definition) is 4. The summed E-state index contributed by atoms with van der Waals surface area (Å²) in [6, 6.07) is 14.7. The molecule has 0 aromatic heterocycles. The zero-order valence-corrected chi connectivity index (χ0v) is 36.8. The summed E-state index contributed by atoms with van der Waals surface area (Å²) in [6.45, 7) is 43.9. The molecule has 2 rings (SSSR count). The Hall–Kier alpha value is -3.55. The number of anilines is 1. The van der Waals surface area contributed by atoms with E-state index in [1.54, 1.807) is 6.08 Å². The van der Waals surface area contributed by atoms with Crippen molar-refractivity contribution in [3.8, 4) is 6.07 Å². The summed E-state index contributed by atoms with van der Waals surface area (Å²) in [5, 5.41) is 12.3. The van der Waals surface area contributed by atoms with E-state index in [4.69, 9.17) is 5.26 Å². The highest BCUT2D eigenvalue weighted by molar-refractivity contribution is 5.73. The average molecular weight is 705 g/mol. The fraction of sp³-hybridized carbons (Fsp3) is 0.553. The maximum atomic E-state index is 8.47. The Kier molecular flexibility index (Phi) is 45.5. The van der Waals surface area contributed by atoms with Crippen LogP contribution in [-0.4, -0.2) is 31.1 Å². The molecule has 0 radical (unpaired) electrons. The van der Waals surface area contributed by atoms with Gasteiger partial charge in [-0.05, 0) is 97.0 Å². The lowest BCUT2D eigenvalue weighted by atomic mass is 9.98. The first-order valence-corrected chi connectivity index (χ1v) is 19.8. The number of nitrogens with two attached hydrogens (primary N) is 1. The van der Waals surface area contributed by atoms with Gasteiger partial charge in [0, 0.05) is 36.1 Å². The van der Waals surface area contributed by atoms with E-state index in [0.717, 1.165) is 37.1 Å². The summed E-state index contributed by atoms with van der Waals surface area (Å²) in [7, 11) is 1.50. The number of allylic oxidation sites excluding steroid dienone is 5. The van der Waals surface area contributed by atoms with Crippen molar-refractivity contribution in [3.05, 3.63) is 107 Å². The lowest BCUT2D eigenvalue weighted by Gasteiger charge is -2.29. The predicted octanol–water partition coefficient (Wildman–Crippen LogP) is 14.4. The average Bonchev–Trinajstić information content (AvgIpc) is 3.16. The van der Waals surface area contributed by atoms with Crippen LogP contribution in [-0.2, 0) is 0 Å². The molecule has 4 heteroatoms. The Balaban J connectivity index is -0.000000222. The lowest BCUT2D eigenvalue weighted by molar-refractivity contribution is 0.396. The SMILES string of the molecule is C=C(c1ccc(C)c(NC(CCC)CCC)c1C)N(CCC)CCC.C=C/C=C\C(C)=C(C)C.CC.CC.CC.CN.Cc1ccccc1C#N. The standard InChI is InChI=1S/C23H40N2.C9H14.C8H7N.3C2H6.CH5N/c1-8-12-21(13-9-2)24-23-18(5)14-15-22(19(23)6)20(7)25(16-10-3)17-11-4;1-5-6-7-9(4)8(2)3;1-7-4-2-3-5-8(7)6-9;4*1-2/h14-15,21,24H,7-13,16-17H2,1-6H3;5-7H,1H2,2-4H3;2-5H,1H3;3*1-2H3;2H2,1H3/b;7-6-;;;;;. The van der Waals surface area contributed by atoms with Gasteiger partial charge in [-0.2, -0.15) is 5.26 Å². The molecule has 0 saturated carbocycles. The van der Waals surface area contributed by atoms with E-state index >= 15 is 0 Å². The molecule has 2 aromatic carbocycles. The second-order valence-corrected chi connectivity index (χ2v) is 11.5. The second kappa shape index (κ2) is 40.9. The molecule has 0 bridgehead atoms. The number of nitrogens with zero attached hydrogens (tertiary/aromatic N) is 2. The van der Waals surface area contributed by atoms with Crippen molar-refractivity contribution < 1.29 is 0 Å². The quantitative estimate of drug-likeness (QED) is 0.192. The third kappa shape index (κ3) is 26.9. The van der Waals surface area contributed by atoms with Crippen LogP contribution < -0.4 is 11.1 Å². The maximum absolute atomic E-state index is 8.47. The summed E-state index contributed by atoms with van der Waals surface area (Å²) >= 11 is 0. The summed E-state index contributed by atoms with van der Waals surface area (Å²) in [5.41, 5.74) is 15.4. The van der Waals surface area contributed by atoms with Crippen LogP contribution in [0.4, 0.5) is 5.69 Å². The number of aryl methyl sites for hydroxylation is 2. The smallest absolute Gasteiger partial charge is 0.0994 e. The Morgan fingerprint density at radius 2 is 1.29 bits per heavy atom.